The van der Waals surface area contributed by atoms with Crippen molar-refractivity contribution in [3.05, 3.63) is 35.9 Å². The van der Waals surface area contributed by atoms with Crippen LogP contribution >= 0.6 is 0 Å². The Morgan fingerprint density at radius 2 is 2.00 bits per heavy atom. The Labute approximate surface area is 78.7 Å². The van der Waals surface area contributed by atoms with Crippen molar-refractivity contribution < 1.29 is 4.79 Å². The molecule has 1 aromatic carbocycles. The predicted molar refractivity (Wildman–Crippen MR) is 52.1 cm³/mol. The van der Waals surface area contributed by atoms with E-state index >= 15 is 0 Å². The van der Waals surface area contributed by atoms with Crippen molar-refractivity contribution >= 4 is 13.8 Å². The van der Waals surface area contributed by atoms with Crippen LogP contribution in [0.3, 0.4) is 0 Å². The van der Waals surface area contributed by atoms with E-state index in [1.54, 1.807) is 24.3 Å². The van der Waals surface area contributed by atoms with Gasteiger partial charge in [0.2, 0.25) is 5.91 Å². The molecular formula is C9H11BN2O. The molecule has 0 aromatic heterocycles. The van der Waals surface area contributed by atoms with Gasteiger partial charge in [-0.05, 0) is 5.56 Å². The molecule has 1 rings (SSSR count). The number of carbonyl (C=O) groups excluding carboxylic acids is 1. The van der Waals surface area contributed by atoms with Crippen LogP contribution in [0.2, 0.25) is 0 Å². The first-order chi connectivity index (χ1) is 6.09. The Kier molecular flexibility index (Phi) is 2.73. The number of amides is 1. The molecule has 3 N–H and O–H groups in total. The molecule has 3 nitrogen and oxygen atoms in total. The Morgan fingerprint density at radius 1 is 1.46 bits per heavy atom. The standard InChI is InChI=1S/C9H11BN2O/c1-12-8(13)9(10,11)7-5-3-2-4-6-7/h2-6H,11H2,1H3,(H,12,13). The predicted octanol–water partition coefficient (Wildman–Crippen LogP) is -0.287. The molecule has 1 unspecified atom stereocenters. The quantitative estimate of drug-likeness (QED) is 0.605. The minimum absolute atomic E-state index is 0.404. The molecule has 4 heteroatoms. The summed E-state index contributed by atoms with van der Waals surface area (Å²) in [6.07, 6.45) is 0. The lowest BCUT2D eigenvalue weighted by molar-refractivity contribution is -0.123. The van der Waals surface area contributed by atoms with Crippen LogP contribution in [-0.4, -0.2) is 20.8 Å². The maximum atomic E-state index is 11.3. The number of hydrogen-bond acceptors (Lipinski definition) is 2. The first kappa shape index (κ1) is 9.80. The van der Waals surface area contributed by atoms with Crippen LogP contribution in [-0.2, 0) is 10.2 Å². The van der Waals surface area contributed by atoms with E-state index in [1.165, 1.54) is 7.05 Å². The molecule has 1 atom stereocenters. The van der Waals surface area contributed by atoms with Crippen molar-refractivity contribution in [1.82, 2.24) is 5.32 Å². The van der Waals surface area contributed by atoms with Crippen molar-refractivity contribution in [2.45, 2.75) is 5.44 Å². The zero-order chi connectivity index (χ0) is 9.90. The van der Waals surface area contributed by atoms with Crippen molar-refractivity contribution in [1.29, 1.82) is 0 Å². The highest BCUT2D eigenvalue weighted by molar-refractivity contribution is 6.28. The third-order valence-electron chi connectivity index (χ3n) is 1.85. The lowest BCUT2D eigenvalue weighted by atomic mass is 9.72. The molecule has 1 amide bonds. The highest BCUT2D eigenvalue weighted by Crippen LogP contribution is 2.13. The van der Waals surface area contributed by atoms with E-state index in [1.807, 2.05) is 6.07 Å². The summed E-state index contributed by atoms with van der Waals surface area (Å²) in [6.45, 7) is 0. The van der Waals surface area contributed by atoms with Gasteiger partial charge in [-0.3, -0.25) is 4.79 Å². The minimum Gasteiger partial charge on any atom is -0.358 e. The molecule has 0 aliphatic rings. The third-order valence-corrected chi connectivity index (χ3v) is 1.85. The lowest BCUT2D eigenvalue weighted by Gasteiger charge is -2.23. The van der Waals surface area contributed by atoms with Crippen molar-refractivity contribution in [2.24, 2.45) is 5.73 Å². The highest BCUT2D eigenvalue weighted by Gasteiger charge is 2.28. The van der Waals surface area contributed by atoms with Gasteiger partial charge in [0.1, 0.15) is 7.85 Å². The second kappa shape index (κ2) is 3.62. The minimum atomic E-state index is -1.45. The largest absolute Gasteiger partial charge is 0.358 e. The molecule has 1 aromatic rings. The molecular weight excluding hydrogens is 163 g/mol. The molecule has 13 heavy (non-hydrogen) atoms. The van der Waals surface area contributed by atoms with Gasteiger partial charge in [-0.2, -0.15) is 0 Å². The normalized spacial score (nSPS) is 14.6. The molecule has 0 fully saturated rings. The molecule has 0 bridgehead atoms. The fourth-order valence-electron chi connectivity index (χ4n) is 1.05. The van der Waals surface area contributed by atoms with Crippen LogP contribution in [0.25, 0.3) is 0 Å². The molecule has 0 aliphatic heterocycles. The van der Waals surface area contributed by atoms with Crippen molar-refractivity contribution in [3.63, 3.8) is 0 Å². The first-order valence-electron chi connectivity index (χ1n) is 3.94. The van der Waals surface area contributed by atoms with Crippen LogP contribution in [0, 0.1) is 0 Å². The number of nitrogens with one attached hydrogen (secondary N) is 1. The number of rotatable bonds is 2. The second-order valence-corrected chi connectivity index (χ2v) is 2.81. The van der Waals surface area contributed by atoms with Crippen LogP contribution in [0.4, 0.5) is 0 Å². The van der Waals surface area contributed by atoms with Gasteiger partial charge < -0.3 is 11.1 Å². The van der Waals surface area contributed by atoms with Crippen LogP contribution < -0.4 is 11.1 Å². The zero-order valence-electron chi connectivity index (χ0n) is 7.45. The fraction of sp³-hybridized carbons (Fsp3) is 0.222. The molecule has 0 spiro atoms. The molecule has 0 saturated heterocycles. The molecule has 0 heterocycles. The van der Waals surface area contributed by atoms with E-state index in [2.05, 4.69) is 5.32 Å². The summed E-state index contributed by atoms with van der Waals surface area (Å²) < 4.78 is 0. The second-order valence-electron chi connectivity index (χ2n) is 2.81. The summed E-state index contributed by atoms with van der Waals surface area (Å²) in [7, 11) is 7.16. The summed E-state index contributed by atoms with van der Waals surface area (Å²) in [5.74, 6) is -0.404. The van der Waals surface area contributed by atoms with Crippen LogP contribution in [0.1, 0.15) is 5.56 Å². The summed E-state index contributed by atoms with van der Waals surface area (Å²) in [4.78, 5) is 11.3. The van der Waals surface area contributed by atoms with Gasteiger partial charge >= 0.3 is 0 Å². The number of nitrogens with two attached hydrogens (primary N) is 1. The number of likely N-dealkylation sites (N-methyl/N-ethyl adjacent to an activating group) is 1. The van der Waals surface area contributed by atoms with Gasteiger partial charge in [0, 0.05) is 7.05 Å². The SMILES string of the molecule is [B]C(N)(C(=O)NC)c1ccccc1. The van der Waals surface area contributed by atoms with Crippen LogP contribution in [0.5, 0.6) is 0 Å². The summed E-state index contributed by atoms with van der Waals surface area (Å²) in [6, 6.07) is 8.84. The smallest absolute Gasteiger partial charge is 0.234 e. The summed E-state index contributed by atoms with van der Waals surface area (Å²) in [5, 5.41) is 2.41. The summed E-state index contributed by atoms with van der Waals surface area (Å²) in [5.41, 5.74) is 4.80. The average molecular weight is 174 g/mol. The highest BCUT2D eigenvalue weighted by atomic mass is 16.2. The third kappa shape index (κ3) is 1.90. The van der Waals surface area contributed by atoms with E-state index in [0.717, 1.165) is 0 Å². The van der Waals surface area contributed by atoms with Crippen LogP contribution in [0.15, 0.2) is 30.3 Å². The van der Waals surface area contributed by atoms with E-state index in [0.29, 0.717) is 5.56 Å². The first-order valence-corrected chi connectivity index (χ1v) is 3.94. The zero-order valence-corrected chi connectivity index (χ0v) is 7.45. The van der Waals surface area contributed by atoms with Gasteiger partial charge in [-0.1, -0.05) is 30.3 Å². The van der Waals surface area contributed by atoms with Gasteiger partial charge in [-0.15, -0.1) is 0 Å². The van der Waals surface area contributed by atoms with Gasteiger partial charge in [-0.25, -0.2) is 0 Å². The summed E-state index contributed by atoms with van der Waals surface area (Å²) >= 11 is 0. The number of hydrogen-bond donors (Lipinski definition) is 2. The van der Waals surface area contributed by atoms with E-state index < -0.39 is 11.3 Å². The monoisotopic (exact) mass is 174 g/mol. The topological polar surface area (TPSA) is 55.1 Å². The van der Waals surface area contributed by atoms with E-state index in [9.17, 15) is 4.79 Å². The Hall–Kier alpha value is -1.29. The fourth-order valence-corrected chi connectivity index (χ4v) is 1.05. The van der Waals surface area contributed by atoms with Crippen molar-refractivity contribution in [2.75, 3.05) is 7.05 Å². The average Bonchev–Trinajstić information content (AvgIpc) is 2.18. The van der Waals surface area contributed by atoms with Crippen molar-refractivity contribution in [3.8, 4) is 0 Å². The Morgan fingerprint density at radius 3 is 2.46 bits per heavy atom. The molecule has 2 radical (unpaired) electrons. The van der Waals surface area contributed by atoms with E-state index in [-0.39, 0.29) is 0 Å². The van der Waals surface area contributed by atoms with Gasteiger partial charge in [0.25, 0.3) is 0 Å². The Bertz CT molecular complexity index is 298. The molecule has 0 aliphatic carbocycles. The van der Waals surface area contributed by atoms with E-state index in [4.69, 9.17) is 13.6 Å². The number of carbonyl (C=O) groups is 1. The molecule has 0 saturated carbocycles. The van der Waals surface area contributed by atoms with Gasteiger partial charge in [0.05, 0.1) is 5.44 Å². The molecule has 66 valence electrons. The maximum absolute atomic E-state index is 11.3. The lowest BCUT2D eigenvalue weighted by Crippen LogP contribution is -2.50. The number of benzene rings is 1. The van der Waals surface area contributed by atoms with Gasteiger partial charge in [0.15, 0.2) is 0 Å². The Balaban J connectivity index is 3.00. The maximum Gasteiger partial charge on any atom is 0.234 e.